The summed E-state index contributed by atoms with van der Waals surface area (Å²) in [5, 5.41) is 3.89. The molecule has 1 rings (SSSR count). The summed E-state index contributed by atoms with van der Waals surface area (Å²) in [6.45, 7) is 7.31. The predicted octanol–water partition coefficient (Wildman–Crippen LogP) is 3.42. The van der Waals surface area contributed by atoms with Crippen LogP contribution in [0.4, 0.5) is 0 Å². The zero-order valence-corrected chi connectivity index (χ0v) is 12.3. The van der Waals surface area contributed by atoms with Gasteiger partial charge in [0.2, 0.25) is 0 Å². The largest absolute Gasteiger partial charge is 0.488 e. The summed E-state index contributed by atoms with van der Waals surface area (Å²) in [5.41, 5.74) is 1.07. The lowest BCUT2D eigenvalue weighted by Crippen LogP contribution is -2.19. The second kappa shape index (κ2) is 7.62. The summed E-state index contributed by atoms with van der Waals surface area (Å²) in [7, 11) is 1.91. The number of benzene rings is 1. The van der Waals surface area contributed by atoms with Crippen molar-refractivity contribution in [3.05, 3.63) is 28.8 Å². The number of nitrogens with one attached hydrogen (secondary N) is 1. The van der Waals surface area contributed by atoms with E-state index in [4.69, 9.17) is 21.1 Å². The van der Waals surface area contributed by atoms with Crippen LogP contribution in [-0.2, 0) is 4.74 Å². The van der Waals surface area contributed by atoms with Gasteiger partial charge in [0.25, 0.3) is 0 Å². The second-order valence-electron chi connectivity index (χ2n) is 4.28. The molecule has 0 aliphatic rings. The SMILES string of the molecule is CCOCC(C)Oc1ccc(C(C)NC)c(Cl)c1. The fraction of sp³-hybridized carbons (Fsp3) is 0.571. The van der Waals surface area contributed by atoms with Crippen LogP contribution in [0.3, 0.4) is 0 Å². The Balaban J connectivity index is 2.66. The molecule has 1 aromatic carbocycles. The van der Waals surface area contributed by atoms with Crippen molar-refractivity contribution < 1.29 is 9.47 Å². The molecule has 0 aliphatic carbocycles. The van der Waals surface area contributed by atoms with Crippen molar-refractivity contribution in [2.45, 2.75) is 32.9 Å². The van der Waals surface area contributed by atoms with Crippen LogP contribution in [0.5, 0.6) is 5.75 Å². The Morgan fingerprint density at radius 3 is 2.61 bits per heavy atom. The molecule has 102 valence electrons. The summed E-state index contributed by atoms with van der Waals surface area (Å²) < 4.78 is 11.0. The number of hydrogen-bond acceptors (Lipinski definition) is 3. The maximum Gasteiger partial charge on any atom is 0.121 e. The molecule has 0 radical (unpaired) electrons. The number of halogens is 1. The highest BCUT2D eigenvalue weighted by atomic mass is 35.5. The maximum atomic E-state index is 6.24. The van der Waals surface area contributed by atoms with Crippen LogP contribution in [0, 0.1) is 0 Å². The lowest BCUT2D eigenvalue weighted by molar-refractivity contribution is 0.0657. The first-order valence-corrected chi connectivity index (χ1v) is 6.67. The van der Waals surface area contributed by atoms with Gasteiger partial charge in [-0.3, -0.25) is 0 Å². The van der Waals surface area contributed by atoms with Crippen molar-refractivity contribution in [2.24, 2.45) is 0 Å². The van der Waals surface area contributed by atoms with Crippen molar-refractivity contribution in [3.8, 4) is 5.75 Å². The van der Waals surface area contributed by atoms with E-state index in [9.17, 15) is 0 Å². The standard InChI is InChI=1S/C14H22ClNO2/c1-5-17-9-10(2)18-12-6-7-13(11(3)16-4)14(15)8-12/h6-8,10-11,16H,5,9H2,1-4H3. The topological polar surface area (TPSA) is 30.5 Å². The number of ether oxygens (including phenoxy) is 2. The van der Waals surface area contributed by atoms with Crippen molar-refractivity contribution in [1.82, 2.24) is 5.32 Å². The molecule has 2 atom stereocenters. The smallest absolute Gasteiger partial charge is 0.121 e. The van der Waals surface area contributed by atoms with E-state index in [1.807, 2.05) is 39.1 Å². The van der Waals surface area contributed by atoms with Crippen molar-refractivity contribution in [2.75, 3.05) is 20.3 Å². The zero-order chi connectivity index (χ0) is 13.5. The van der Waals surface area contributed by atoms with Crippen LogP contribution >= 0.6 is 11.6 Å². The molecule has 1 N–H and O–H groups in total. The van der Waals surface area contributed by atoms with Gasteiger partial charge in [-0.1, -0.05) is 17.7 Å². The highest BCUT2D eigenvalue weighted by Gasteiger charge is 2.10. The molecule has 0 saturated heterocycles. The van der Waals surface area contributed by atoms with Gasteiger partial charge in [-0.15, -0.1) is 0 Å². The van der Waals surface area contributed by atoms with Crippen LogP contribution in [0.1, 0.15) is 32.4 Å². The average molecular weight is 272 g/mol. The third kappa shape index (κ3) is 4.48. The Kier molecular flexibility index (Phi) is 6.47. The van der Waals surface area contributed by atoms with Gasteiger partial charge in [-0.25, -0.2) is 0 Å². The Bertz CT molecular complexity index is 371. The van der Waals surface area contributed by atoms with Crippen LogP contribution < -0.4 is 10.1 Å². The Morgan fingerprint density at radius 1 is 1.33 bits per heavy atom. The van der Waals surface area contributed by atoms with Crippen LogP contribution in [0.25, 0.3) is 0 Å². The zero-order valence-electron chi connectivity index (χ0n) is 11.5. The normalized spacial score (nSPS) is 14.3. The average Bonchev–Trinajstić information content (AvgIpc) is 2.35. The first-order chi connectivity index (χ1) is 8.58. The molecule has 0 heterocycles. The van der Waals surface area contributed by atoms with Gasteiger partial charge in [0, 0.05) is 17.7 Å². The molecule has 2 unspecified atom stereocenters. The van der Waals surface area contributed by atoms with E-state index < -0.39 is 0 Å². The molecular formula is C14H22ClNO2. The van der Waals surface area contributed by atoms with Gasteiger partial charge in [0.05, 0.1) is 6.61 Å². The van der Waals surface area contributed by atoms with E-state index in [1.165, 1.54) is 0 Å². The summed E-state index contributed by atoms with van der Waals surface area (Å²) in [6, 6.07) is 6.02. The highest BCUT2D eigenvalue weighted by molar-refractivity contribution is 6.31. The molecular weight excluding hydrogens is 250 g/mol. The van der Waals surface area contributed by atoms with E-state index >= 15 is 0 Å². The van der Waals surface area contributed by atoms with E-state index in [0.717, 1.165) is 16.3 Å². The molecule has 18 heavy (non-hydrogen) atoms. The molecule has 0 saturated carbocycles. The summed E-state index contributed by atoms with van der Waals surface area (Å²) >= 11 is 6.24. The van der Waals surface area contributed by atoms with Crippen molar-refractivity contribution in [3.63, 3.8) is 0 Å². The van der Waals surface area contributed by atoms with E-state index in [-0.39, 0.29) is 12.1 Å². The highest BCUT2D eigenvalue weighted by Crippen LogP contribution is 2.27. The first-order valence-electron chi connectivity index (χ1n) is 6.29. The van der Waals surface area contributed by atoms with Crippen LogP contribution in [0.15, 0.2) is 18.2 Å². The number of hydrogen-bond donors (Lipinski definition) is 1. The molecule has 1 aromatic rings. The molecule has 0 amide bonds. The lowest BCUT2D eigenvalue weighted by atomic mass is 10.1. The van der Waals surface area contributed by atoms with Gasteiger partial charge in [-0.2, -0.15) is 0 Å². The minimum Gasteiger partial charge on any atom is -0.488 e. The van der Waals surface area contributed by atoms with Crippen molar-refractivity contribution in [1.29, 1.82) is 0 Å². The molecule has 0 bridgehead atoms. The van der Waals surface area contributed by atoms with Crippen LogP contribution in [-0.4, -0.2) is 26.4 Å². The number of rotatable bonds is 7. The summed E-state index contributed by atoms with van der Waals surface area (Å²) in [5.74, 6) is 0.777. The van der Waals surface area contributed by atoms with Gasteiger partial charge >= 0.3 is 0 Å². The van der Waals surface area contributed by atoms with E-state index in [0.29, 0.717) is 13.2 Å². The third-order valence-electron chi connectivity index (χ3n) is 2.77. The van der Waals surface area contributed by atoms with Crippen molar-refractivity contribution >= 4 is 11.6 Å². The fourth-order valence-electron chi connectivity index (χ4n) is 1.64. The third-order valence-corrected chi connectivity index (χ3v) is 3.09. The van der Waals surface area contributed by atoms with Gasteiger partial charge < -0.3 is 14.8 Å². The molecule has 0 aliphatic heterocycles. The van der Waals surface area contributed by atoms with Crippen LogP contribution in [0.2, 0.25) is 5.02 Å². The second-order valence-corrected chi connectivity index (χ2v) is 4.69. The fourth-order valence-corrected chi connectivity index (χ4v) is 1.97. The van der Waals surface area contributed by atoms with E-state index in [1.54, 1.807) is 0 Å². The Morgan fingerprint density at radius 2 is 2.06 bits per heavy atom. The van der Waals surface area contributed by atoms with Gasteiger partial charge in [0.1, 0.15) is 11.9 Å². The minimum atomic E-state index is 0.0218. The summed E-state index contributed by atoms with van der Waals surface area (Å²) in [6.07, 6.45) is 0.0218. The summed E-state index contributed by atoms with van der Waals surface area (Å²) in [4.78, 5) is 0. The maximum absolute atomic E-state index is 6.24. The molecule has 0 fully saturated rings. The Hall–Kier alpha value is -0.770. The quantitative estimate of drug-likeness (QED) is 0.824. The molecule has 0 spiro atoms. The van der Waals surface area contributed by atoms with Gasteiger partial charge in [0.15, 0.2) is 0 Å². The lowest BCUT2D eigenvalue weighted by Gasteiger charge is -2.17. The minimum absolute atomic E-state index is 0.0218. The van der Waals surface area contributed by atoms with Gasteiger partial charge in [-0.05, 0) is 45.5 Å². The first kappa shape index (κ1) is 15.3. The molecule has 3 nitrogen and oxygen atoms in total. The molecule has 0 aromatic heterocycles. The monoisotopic (exact) mass is 271 g/mol. The Labute approximate surface area is 114 Å². The molecule has 4 heteroatoms. The van der Waals surface area contributed by atoms with E-state index in [2.05, 4.69) is 12.2 Å². The predicted molar refractivity (Wildman–Crippen MR) is 75.5 cm³/mol.